The van der Waals surface area contributed by atoms with Crippen molar-refractivity contribution < 1.29 is 0 Å². The van der Waals surface area contributed by atoms with E-state index in [0.717, 1.165) is 24.6 Å². The lowest BCUT2D eigenvalue weighted by Crippen LogP contribution is -2.46. The molecule has 0 aliphatic carbocycles. The first-order valence-corrected chi connectivity index (χ1v) is 5.43. The summed E-state index contributed by atoms with van der Waals surface area (Å²) in [6.07, 6.45) is 1.11. The number of nitrogens with zero attached hydrogens (tertiary/aromatic N) is 1. The Morgan fingerprint density at radius 3 is 2.29 bits per heavy atom. The highest BCUT2D eigenvalue weighted by Gasteiger charge is 2.09. The average molecular weight is 217 g/mol. The number of rotatable bonds is 4. The van der Waals surface area contributed by atoms with E-state index in [2.05, 4.69) is 50.4 Å². The fourth-order valence-corrected chi connectivity index (χ4v) is 1.39. The molecule has 84 valence electrons. The predicted molar refractivity (Wildman–Crippen MR) is 66.7 cm³/mol. The molecule has 0 radical (unpaired) electrons. The Balaban J connectivity index is 3.46. The molecular formula is C10H23N3S. The molecule has 0 saturated heterocycles. The largest absolute Gasteiger partial charge is 0.363 e. The molecule has 0 amide bonds. The van der Waals surface area contributed by atoms with Crippen LogP contribution in [0.25, 0.3) is 0 Å². The molecule has 0 atom stereocenters. The van der Waals surface area contributed by atoms with Crippen LogP contribution in [0.15, 0.2) is 0 Å². The normalized spacial score (nSPS) is 11.6. The molecular weight excluding hydrogens is 194 g/mol. The van der Waals surface area contributed by atoms with E-state index in [1.54, 1.807) is 0 Å². The minimum atomic E-state index is 0.0473. The lowest BCUT2D eigenvalue weighted by atomic mass is 10.1. The molecule has 0 aromatic rings. The van der Waals surface area contributed by atoms with Gasteiger partial charge in [-0.15, -0.1) is 0 Å². The van der Waals surface area contributed by atoms with Crippen LogP contribution in [-0.4, -0.2) is 42.7 Å². The Bertz CT molecular complexity index is 173. The van der Waals surface area contributed by atoms with Gasteiger partial charge in [0.05, 0.1) is 0 Å². The predicted octanol–water partition coefficient (Wildman–Crippen LogP) is 1.20. The van der Waals surface area contributed by atoms with Crippen molar-refractivity contribution in [3.63, 3.8) is 0 Å². The van der Waals surface area contributed by atoms with E-state index in [1.165, 1.54) is 0 Å². The van der Waals surface area contributed by atoms with Gasteiger partial charge in [0, 0.05) is 12.1 Å². The second kappa shape index (κ2) is 6.19. The molecule has 0 spiro atoms. The van der Waals surface area contributed by atoms with Gasteiger partial charge in [0.1, 0.15) is 0 Å². The fourth-order valence-electron chi connectivity index (χ4n) is 0.982. The highest BCUT2D eigenvalue weighted by atomic mass is 32.1. The topological polar surface area (TPSA) is 27.3 Å². The second-order valence-corrected chi connectivity index (χ2v) is 5.20. The third-order valence-corrected chi connectivity index (χ3v) is 1.80. The standard InChI is InChI=1S/C10H23N3S/c1-10(2,3)12-9(14)11-7-6-8-13(4)5/h6-8H2,1-5H3,(H2,11,12,14). The Labute approximate surface area is 93.2 Å². The molecule has 0 fully saturated rings. The van der Waals surface area contributed by atoms with Crippen LogP contribution in [0.1, 0.15) is 27.2 Å². The van der Waals surface area contributed by atoms with Crippen molar-refractivity contribution in [2.45, 2.75) is 32.7 Å². The van der Waals surface area contributed by atoms with Crippen molar-refractivity contribution in [2.24, 2.45) is 0 Å². The summed E-state index contributed by atoms with van der Waals surface area (Å²) in [5.41, 5.74) is 0.0473. The van der Waals surface area contributed by atoms with Crippen LogP contribution in [0.4, 0.5) is 0 Å². The van der Waals surface area contributed by atoms with Gasteiger partial charge in [-0.05, 0) is 60.1 Å². The Morgan fingerprint density at radius 2 is 1.86 bits per heavy atom. The summed E-state index contributed by atoms with van der Waals surface area (Å²) in [6, 6.07) is 0. The molecule has 0 rings (SSSR count). The Hall–Kier alpha value is -0.350. The highest BCUT2D eigenvalue weighted by Crippen LogP contribution is 1.97. The van der Waals surface area contributed by atoms with Gasteiger partial charge in [-0.3, -0.25) is 0 Å². The van der Waals surface area contributed by atoms with Crippen LogP contribution in [0.5, 0.6) is 0 Å². The van der Waals surface area contributed by atoms with E-state index in [1.807, 2.05) is 0 Å². The van der Waals surface area contributed by atoms with E-state index in [9.17, 15) is 0 Å². The van der Waals surface area contributed by atoms with Crippen LogP contribution in [0.3, 0.4) is 0 Å². The molecule has 4 heteroatoms. The molecule has 2 N–H and O–H groups in total. The first-order valence-electron chi connectivity index (χ1n) is 5.02. The van der Waals surface area contributed by atoms with E-state index in [-0.39, 0.29) is 5.54 Å². The van der Waals surface area contributed by atoms with Gasteiger partial charge in [0.2, 0.25) is 0 Å². The van der Waals surface area contributed by atoms with Gasteiger partial charge in [0.15, 0.2) is 5.11 Å². The maximum Gasteiger partial charge on any atom is 0.166 e. The number of hydrogen-bond acceptors (Lipinski definition) is 2. The Morgan fingerprint density at radius 1 is 1.29 bits per heavy atom. The molecule has 0 aliphatic rings. The van der Waals surface area contributed by atoms with Gasteiger partial charge in [-0.2, -0.15) is 0 Å². The van der Waals surface area contributed by atoms with Crippen LogP contribution < -0.4 is 10.6 Å². The average Bonchev–Trinajstić information content (AvgIpc) is 1.94. The summed E-state index contributed by atoms with van der Waals surface area (Å²) in [5.74, 6) is 0. The quantitative estimate of drug-likeness (QED) is 0.547. The maximum absolute atomic E-state index is 5.15. The van der Waals surface area contributed by atoms with Gasteiger partial charge < -0.3 is 15.5 Å². The second-order valence-electron chi connectivity index (χ2n) is 4.79. The molecule has 14 heavy (non-hydrogen) atoms. The fraction of sp³-hybridized carbons (Fsp3) is 0.900. The lowest BCUT2D eigenvalue weighted by molar-refractivity contribution is 0.399. The SMILES string of the molecule is CN(C)CCCNC(=S)NC(C)(C)C. The zero-order chi connectivity index (χ0) is 11.2. The molecule has 0 aromatic carbocycles. The van der Waals surface area contributed by atoms with Gasteiger partial charge in [-0.1, -0.05) is 0 Å². The maximum atomic E-state index is 5.15. The highest BCUT2D eigenvalue weighted by molar-refractivity contribution is 7.80. The number of thiocarbonyl (C=S) groups is 1. The lowest BCUT2D eigenvalue weighted by Gasteiger charge is -2.23. The van der Waals surface area contributed by atoms with Crippen LogP contribution in [0.2, 0.25) is 0 Å². The van der Waals surface area contributed by atoms with E-state index < -0.39 is 0 Å². The first kappa shape index (κ1) is 13.7. The van der Waals surface area contributed by atoms with Gasteiger partial charge in [0.25, 0.3) is 0 Å². The van der Waals surface area contributed by atoms with Crippen LogP contribution in [-0.2, 0) is 0 Å². The number of hydrogen-bond donors (Lipinski definition) is 2. The molecule has 0 aromatic heterocycles. The summed E-state index contributed by atoms with van der Waals surface area (Å²) >= 11 is 5.15. The summed E-state index contributed by atoms with van der Waals surface area (Å²) in [5, 5.41) is 7.15. The Kier molecular flexibility index (Phi) is 6.04. The molecule has 0 heterocycles. The van der Waals surface area contributed by atoms with Crippen LogP contribution in [0, 0.1) is 0 Å². The molecule has 0 aliphatic heterocycles. The minimum absolute atomic E-state index is 0.0473. The van der Waals surface area contributed by atoms with E-state index in [0.29, 0.717) is 0 Å². The summed E-state index contributed by atoms with van der Waals surface area (Å²) in [4.78, 5) is 2.17. The molecule has 0 saturated carbocycles. The van der Waals surface area contributed by atoms with Crippen molar-refractivity contribution in [1.82, 2.24) is 15.5 Å². The van der Waals surface area contributed by atoms with E-state index >= 15 is 0 Å². The third-order valence-electron chi connectivity index (χ3n) is 1.56. The van der Waals surface area contributed by atoms with Crippen LogP contribution >= 0.6 is 12.2 Å². The minimum Gasteiger partial charge on any atom is -0.363 e. The summed E-state index contributed by atoms with van der Waals surface area (Å²) < 4.78 is 0. The molecule has 3 nitrogen and oxygen atoms in total. The summed E-state index contributed by atoms with van der Waals surface area (Å²) in [6.45, 7) is 8.31. The smallest absolute Gasteiger partial charge is 0.166 e. The third kappa shape index (κ3) is 9.74. The monoisotopic (exact) mass is 217 g/mol. The van der Waals surface area contributed by atoms with Crippen molar-refractivity contribution >= 4 is 17.3 Å². The van der Waals surface area contributed by atoms with Crippen molar-refractivity contribution in [1.29, 1.82) is 0 Å². The van der Waals surface area contributed by atoms with Gasteiger partial charge in [-0.25, -0.2) is 0 Å². The van der Waals surface area contributed by atoms with Crippen molar-refractivity contribution in [3.05, 3.63) is 0 Å². The summed E-state index contributed by atoms with van der Waals surface area (Å²) in [7, 11) is 4.15. The van der Waals surface area contributed by atoms with Crippen molar-refractivity contribution in [2.75, 3.05) is 27.2 Å². The zero-order valence-electron chi connectivity index (χ0n) is 9.98. The molecule has 0 unspecified atom stereocenters. The first-order chi connectivity index (χ1) is 6.31. The van der Waals surface area contributed by atoms with Crippen molar-refractivity contribution in [3.8, 4) is 0 Å². The van der Waals surface area contributed by atoms with Gasteiger partial charge >= 0.3 is 0 Å². The molecule has 0 bridgehead atoms. The number of nitrogens with one attached hydrogen (secondary N) is 2. The zero-order valence-corrected chi connectivity index (χ0v) is 10.8. The van der Waals surface area contributed by atoms with E-state index in [4.69, 9.17) is 12.2 Å².